The molecule has 1 saturated heterocycles. The number of ether oxygens (including phenoxy) is 2. The van der Waals surface area contributed by atoms with Gasteiger partial charge in [-0.1, -0.05) is 24.8 Å². The Labute approximate surface area is 182 Å². The van der Waals surface area contributed by atoms with E-state index in [1.165, 1.54) is 29.6 Å². The second-order valence-electron chi connectivity index (χ2n) is 7.81. The lowest BCUT2D eigenvalue weighted by molar-refractivity contribution is 0.0623. The topological polar surface area (TPSA) is 76.1 Å². The molecule has 2 aliphatic rings. The van der Waals surface area contributed by atoms with Crippen LogP contribution in [0.2, 0.25) is 0 Å². The lowest BCUT2D eigenvalue weighted by Gasteiger charge is -2.47. The Morgan fingerprint density at radius 2 is 2.16 bits per heavy atom. The number of allylic oxidation sites excluding steroid dienone is 2. The molecular formula is C22H27FN2O5S. The Balaban J connectivity index is 1.88. The number of sulfonamides is 1. The van der Waals surface area contributed by atoms with E-state index in [4.69, 9.17) is 9.47 Å². The number of hydrogen-bond donors (Lipinski definition) is 0. The molecule has 2 atom stereocenters. The summed E-state index contributed by atoms with van der Waals surface area (Å²) in [4.78, 5) is 14.2. The van der Waals surface area contributed by atoms with Crippen LogP contribution in [0.3, 0.4) is 0 Å². The second-order valence-corrected chi connectivity index (χ2v) is 9.44. The average molecular weight is 451 g/mol. The molecule has 1 aromatic carbocycles. The van der Waals surface area contributed by atoms with Crippen molar-refractivity contribution in [3.05, 3.63) is 65.6 Å². The summed E-state index contributed by atoms with van der Waals surface area (Å²) >= 11 is 0. The van der Waals surface area contributed by atoms with Crippen LogP contribution in [0.5, 0.6) is 0 Å². The summed E-state index contributed by atoms with van der Waals surface area (Å²) < 4.78 is 52.0. The third-order valence-corrected chi connectivity index (χ3v) is 7.19. The van der Waals surface area contributed by atoms with Gasteiger partial charge in [-0.05, 0) is 50.5 Å². The lowest BCUT2D eigenvalue weighted by atomic mass is 9.82. The van der Waals surface area contributed by atoms with Crippen LogP contribution in [0.4, 0.5) is 14.9 Å². The smallest absolute Gasteiger partial charge is 0.410 e. The zero-order valence-corrected chi connectivity index (χ0v) is 18.7. The predicted molar refractivity (Wildman–Crippen MR) is 116 cm³/mol. The number of methoxy groups -OCH3 is 1. The molecule has 1 fully saturated rings. The van der Waals surface area contributed by atoms with Crippen LogP contribution < -0.4 is 4.31 Å². The van der Waals surface area contributed by atoms with Crippen LogP contribution in [0, 0.1) is 5.82 Å². The van der Waals surface area contributed by atoms with Crippen LogP contribution in [-0.4, -0.2) is 51.3 Å². The number of carbonyl (C=O) groups excluding carboxylic acids is 1. The molecule has 31 heavy (non-hydrogen) atoms. The van der Waals surface area contributed by atoms with Gasteiger partial charge in [0, 0.05) is 12.6 Å². The number of amides is 1. The summed E-state index contributed by atoms with van der Waals surface area (Å²) in [5.41, 5.74) is 0.0286. The third kappa shape index (κ3) is 4.32. The largest absolute Gasteiger partial charge is 0.498 e. The number of piperidine rings is 1. The molecule has 9 heteroatoms. The maximum atomic E-state index is 13.9. The van der Waals surface area contributed by atoms with E-state index in [0.29, 0.717) is 0 Å². The molecule has 0 radical (unpaired) electrons. The van der Waals surface area contributed by atoms with Gasteiger partial charge in [0.05, 0.1) is 18.2 Å². The Kier molecular flexibility index (Phi) is 6.45. The SMILES string of the molecule is C=C/C=C(\C)COC(=O)N1CC[C@@]2(C[C@@H]1C)C(OC)=CS(=O)(=O)N2c1cccc(F)c1. The first-order valence-electron chi connectivity index (χ1n) is 9.93. The Morgan fingerprint density at radius 3 is 2.77 bits per heavy atom. The van der Waals surface area contributed by atoms with Crippen molar-refractivity contribution in [3.63, 3.8) is 0 Å². The molecule has 0 aliphatic carbocycles. The maximum absolute atomic E-state index is 13.9. The number of nitrogens with zero attached hydrogens (tertiary/aromatic N) is 2. The van der Waals surface area contributed by atoms with E-state index >= 15 is 0 Å². The van der Waals surface area contributed by atoms with Gasteiger partial charge in [0.15, 0.2) is 0 Å². The first kappa shape index (κ1) is 22.9. The molecule has 7 nitrogen and oxygen atoms in total. The number of rotatable bonds is 5. The summed E-state index contributed by atoms with van der Waals surface area (Å²) in [6, 6.07) is 5.12. The van der Waals surface area contributed by atoms with Crippen molar-refractivity contribution in [3.8, 4) is 0 Å². The average Bonchev–Trinajstić information content (AvgIpc) is 2.92. The third-order valence-electron chi connectivity index (χ3n) is 5.61. The highest BCUT2D eigenvalue weighted by molar-refractivity contribution is 7.96. The fourth-order valence-electron chi connectivity index (χ4n) is 4.29. The molecule has 1 aromatic rings. The van der Waals surface area contributed by atoms with Gasteiger partial charge < -0.3 is 14.4 Å². The van der Waals surface area contributed by atoms with Crippen molar-refractivity contribution >= 4 is 21.8 Å². The van der Waals surface area contributed by atoms with Gasteiger partial charge in [0.2, 0.25) is 0 Å². The molecule has 1 amide bonds. The van der Waals surface area contributed by atoms with Gasteiger partial charge in [-0.25, -0.2) is 17.6 Å². The Bertz CT molecular complexity index is 1040. The number of likely N-dealkylation sites (tertiary alicyclic amines) is 1. The van der Waals surface area contributed by atoms with E-state index in [1.54, 1.807) is 23.1 Å². The molecule has 0 aromatic heterocycles. The van der Waals surface area contributed by atoms with Gasteiger partial charge in [-0.15, -0.1) is 0 Å². The highest BCUT2D eigenvalue weighted by Gasteiger charge is 2.56. The first-order chi connectivity index (χ1) is 14.6. The number of hydrogen-bond acceptors (Lipinski definition) is 5. The van der Waals surface area contributed by atoms with E-state index < -0.39 is 27.5 Å². The summed E-state index contributed by atoms with van der Waals surface area (Å²) in [7, 11) is -2.47. The molecule has 3 rings (SSSR count). The molecule has 2 aliphatic heterocycles. The quantitative estimate of drug-likeness (QED) is 0.635. The summed E-state index contributed by atoms with van der Waals surface area (Å²) in [5, 5.41) is 1.09. The predicted octanol–water partition coefficient (Wildman–Crippen LogP) is 3.96. The maximum Gasteiger partial charge on any atom is 0.410 e. The zero-order chi connectivity index (χ0) is 22.8. The van der Waals surface area contributed by atoms with E-state index in [0.717, 1.165) is 11.0 Å². The van der Waals surface area contributed by atoms with Gasteiger partial charge in [0.25, 0.3) is 10.0 Å². The molecule has 0 bridgehead atoms. The monoisotopic (exact) mass is 450 g/mol. The van der Waals surface area contributed by atoms with Crippen LogP contribution in [0.1, 0.15) is 26.7 Å². The van der Waals surface area contributed by atoms with Crippen molar-refractivity contribution in [2.45, 2.75) is 38.3 Å². The van der Waals surface area contributed by atoms with Crippen molar-refractivity contribution < 1.29 is 27.1 Å². The highest BCUT2D eigenvalue weighted by atomic mass is 32.2. The van der Waals surface area contributed by atoms with E-state index in [9.17, 15) is 17.6 Å². The van der Waals surface area contributed by atoms with Crippen LogP contribution in [0.25, 0.3) is 0 Å². The number of halogens is 1. The first-order valence-corrected chi connectivity index (χ1v) is 11.4. The Hall–Kier alpha value is -2.81. The van der Waals surface area contributed by atoms with Crippen molar-refractivity contribution in [2.75, 3.05) is 24.6 Å². The minimum atomic E-state index is -3.89. The number of anilines is 1. The minimum Gasteiger partial charge on any atom is -0.498 e. The summed E-state index contributed by atoms with van der Waals surface area (Å²) in [6.07, 6.45) is 3.47. The van der Waals surface area contributed by atoms with E-state index in [2.05, 4.69) is 6.58 Å². The van der Waals surface area contributed by atoms with E-state index in [1.807, 2.05) is 13.8 Å². The highest BCUT2D eigenvalue weighted by Crippen LogP contribution is 2.47. The zero-order valence-electron chi connectivity index (χ0n) is 17.9. The molecule has 168 valence electrons. The van der Waals surface area contributed by atoms with Crippen LogP contribution >= 0.6 is 0 Å². The molecular weight excluding hydrogens is 423 g/mol. The van der Waals surface area contributed by atoms with Crippen molar-refractivity contribution in [1.82, 2.24) is 4.90 Å². The van der Waals surface area contributed by atoms with Crippen molar-refractivity contribution in [1.29, 1.82) is 0 Å². The standard InChI is InChI=1S/C22H27FN2O5S/c1-5-7-16(2)14-30-21(26)24-11-10-22(13-17(24)3)20(29-4)15-31(27,28)25(22)19-9-6-8-18(23)12-19/h5-9,12,15,17H,1,10-11,13-14H2,2-4H3/b16-7+/t17-,22+/m0/s1. The number of benzene rings is 1. The lowest BCUT2D eigenvalue weighted by Crippen LogP contribution is -2.59. The van der Waals surface area contributed by atoms with Crippen LogP contribution in [-0.2, 0) is 19.5 Å². The Morgan fingerprint density at radius 1 is 1.42 bits per heavy atom. The molecule has 2 heterocycles. The minimum absolute atomic E-state index is 0.145. The molecule has 1 spiro atoms. The normalized spacial score (nSPS) is 25.4. The molecule has 0 saturated carbocycles. The summed E-state index contributed by atoms with van der Waals surface area (Å²) in [5.74, 6) is -0.257. The van der Waals surface area contributed by atoms with Crippen LogP contribution in [0.15, 0.2) is 59.7 Å². The fraction of sp³-hybridized carbons (Fsp3) is 0.409. The fourth-order valence-corrected chi connectivity index (χ4v) is 6.13. The molecule has 0 unspecified atom stereocenters. The second kappa shape index (κ2) is 8.74. The summed E-state index contributed by atoms with van der Waals surface area (Å²) in [6.45, 7) is 7.68. The van der Waals surface area contributed by atoms with Gasteiger partial charge in [0.1, 0.15) is 23.7 Å². The van der Waals surface area contributed by atoms with Gasteiger partial charge >= 0.3 is 6.09 Å². The van der Waals surface area contributed by atoms with Crippen molar-refractivity contribution in [2.24, 2.45) is 0 Å². The van der Waals surface area contributed by atoms with Gasteiger partial charge in [-0.2, -0.15) is 0 Å². The van der Waals surface area contributed by atoms with E-state index in [-0.39, 0.29) is 43.5 Å². The number of carbonyl (C=O) groups is 1. The molecule has 0 N–H and O–H groups in total. The van der Waals surface area contributed by atoms with Gasteiger partial charge in [-0.3, -0.25) is 4.31 Å².